The number of rotatable bonds is 3. The van der Waals surface area contributed by atoms with E-state index in [4.69, 9.17) is 17.3 Å². The number of nitrogens with zero attached hydrogens (tertiary/aromatic N) is 2. The Morgan fingerprint density at radius 1 is 1.43 bits per heavy atom. The van der Waals surface area contributed by atoms with Crippen LogP contribution in [0.15, 0.2) is 0 Å². The van der Waals surface area contributed by atoms with Gasteiger partial charge in [0.25, 0.3) is 0 Å². The second kappa shape index (κ2) is 4.47. The lowest BCUT2D eigenvalue weighted by molar-refractivity contribution is 0.949. The van der Waals surface area contributed by atoms with Crippen LogP contribution < -0.4 is 10.6 Å². The molecule has 3 nitrogen and oxygen atoms in total. The van der Waals surface area contributed by atoms with Crippen molar-refractivity contribution in [1.82, 2.24) is 4.98 Å². The van der Waals surface area contributed by atoms with Crippen LogP contribution in [0.4, 0.5) is 5.13 Å². The van der Waals surface area contributed by atoms with E-state index in [1.807, 2.05) is 0 Å². The van der Waals surface area contributed by atoms with E-state index in [0.717, 1.165) is 29.5 Å². The third kappa shape index (κ3) is 2.02. The Hall–Kier alpha value is -0.320. The topological polar surface area (TPSA) is 42.1 Å². The Kier molecular flexibility index (Phi) is 3.26. The number of anilines is 1. The van der Waals surface area contributed by atoms with Gasteiger partial charge in [-0.1, -0.05) is 11.6 Å². The van der Waals surface area contributed by atoms with Gasteiger partial charge in [-0.25, -0.2) is 4.98 Å². The molecule has 0 radical (unpaired) electrons. The minimum atomic E-state index is 0.640. The molecule has 14 heavy (non-hydrogen) atoms. The van der Waals surface area contributed by atoms with Crippen molar-refractivity contribution >= 4 is 28.1 Å². The molecule has 1 saturated heterocycles. The van der Waals surface area contributed by atoms with Crippen LogP contribution in [0.3, 0.4) is 0 Å². The third-order valence-corrected chi connectivity index (χ3v) is 3.99. The summed E-state index contributed by atoms with van der Waals surface area (Å²) in [7, 11) is 0. The molecule has 1 aliphatic rings. The van der Waals surface area contributed by atoms with E-state index in [-0.39, 0.29) is 0 Å². The Morgan fingerprint density at radius 3 is 2.79 bits per heavy atom. The van der Waals surface area contributed by atoms with E-state index < -0.39 is 0 Å². The fourth-order valence-corrected chi connectivity index (χ4v) is 3.01. The van der Waals surface area contributed by atoms with Gasteiger partial charge in [-0.2, -0.15) is 0 Å². The van der Waals surface area contributed by atoms with E-state index in [9.17, 15) is 0 Å². The van der Waals surface area contributed by atoms with Crippen molar-refractivity contribution < 1.29 is 0 Å². The van der Waals surface area contributed by atoms with Gasteiger partial charge >= 0.3 is 0 Å². The molecule has 5 heteroatoms. The smallest absolute Gasteiger partial charge is 0.187 e. The molecule has 1 aromatic rings. The summed E-state index contributed by atoms with van der Waals surface area (Å²) in [6, 6.07) is 0. The van der Waals surface area contributed by atoms with Crippen molar-refractivity contribution in [1.29, 1.82) is 0 Å². The summed E-state index contributed by atoms with van der Waals surface area (Å²) in [6.07, 6.45) is 3.37. The van der Waals surface area contributed by atoms with Crippen LogP contribution in [-0.4, -0.2) is 24.6 Å². The molecule has 0 saturated carbocycles. The quantitative estimate of drug-likeness (QED) is 0.864. The van der Waals surface area contributed by atoms with Gasteiger partial charge in [0.15, 0.2) is 5.13 Å². The molecule has 1 aromatic heterocycles. The maximum Gasteiger partial charge on any atom is 0.187 e. The molecule has 2 N–H and O–H groups in total. The van der Waals surface area contributed by atoms with Crippen LogP contribution in [0.5, 0.6) is 0 Å². The maximum atomic E-state index is 6.02. The summed E-state index contributed by atoms with van der Waals surface area (Å²) in [5.41, 5.74) is 5.50. The van der Waals surface area contributed by atoms with Gasteiger partial charge < -0.3 is 10.6 Å². The van der Waals surface area contributed by atoms with Gasteiger partial charge in [0.05, 0.1) is 0 Å². The van der Waals surface area contributed by atoms with E-state index in [0.29, 0.717) is 11.7 Å². The number of hydrogen-bond acceptors (Lipinski definition) is 4. The van der Waals surface area contributed by atoms with E-state index in [1.54, 1.807) is 11.3 Å². The molecular formula is C9H14ClN3S. The maximum absolute atomic E-state index is 6.02. The molecule has 0 aromatic carbocycles. The van der Waals surface area contributed by atoms with Crippen LogP contribution >= 0.6 is 22.9 Å². The molecule has 0 bridgehead atoms. The van der Waals surface area contributed by atoms with E-state index >= 15 is 0 Å². The monoisotopic (exact) mass is 231 g/mol. The third-order valence-electron chi connectivity index (χ3n) is 2.39. The van der Waals surface area contributed by atoms with Gasteiger partial charge in [-0.3, -0.25) is 0 Å². The zero-order valence-corrected chi connectivity index (χ0v) is 9.57. The molecular weight excluding hydrogens is 218 g/mol. The summed E-state index contributed by atoms with van der Waals surface area (Å²) < 4.78 is 0. The molecule has 1 fully saturated rings. The first-order valence-corrected chi connectivity index (χ1v) is 6.11. The molecule has 2 heterocycles. The Morgan fingerprint density at radius 2 is 2.14 bits per heavy atom. The largest absolute Gasteiger partial charge is 0.348 e. The molecule has 0 amide bonds. The fourth-order valence-electron chi connectivity index (χ4n) is 1.65. The predicted molar refractivity (Wildman–Crippen MR) is 61.3 cm³/mol. The Labute approximate surface area is 92.9 Å². The van der Waals surface area contributed by atoms with Crippen LogP contribution in [0.2, 0.25) is 5.15 Å². The number of aromatic nitrogens is 1. The normalized spacial score (nSPS) is 16.6. The SMILES string of the molecule is NCCc1sc(N2CCCC2)nc1Cl. The predicted octanol–water partition coefficient (Wildman–Crippen LogP) is 1.90. The van der Waals surface area contributed by atoms with Gasteiger partial charge in [-0.05, 0) is 25.8 Å². The van der Waals surface area contributed by atoms with Gasteiger partial charge in [0.1, 0.15) is 5.15 Å². The lowest BCUT2D eigenvalue weighted by Crippen LogP contribution is -2.16. The fraction of sp³-hybridized carbons (Fsp3) is 0.667. The lowest BCUT2D eigenvalue weighted by atomic mass is 10.4. The zero-order chi connectivity index (χ0) is 9.97. The first kappa shape index (κ1) is 10.2. The highest BCUT2D eigenvalue weighted by molar-refractivity contribution is 7.16. The first-order chi connectivity index (χ1) is 6.81. The average Bonchev–Trinajstić information content (AvgIpc) is 2.76. The molecule has 2 rings (SSSR count). The van der Waals surface area contributed by atoms with Crippen LogP contribution in [0, 0.1) is 0 Å². The highest BCUT2D eigenvalue weighted by atomic mass is 35.5. The minimum absolute atomic E-state index is 0.640. The van der Waals surface area contributed by atoms with Crippen molar-refractivity contribution in [3.8, 4) is 0 Å². The summed E-state index contributed by atoms with van der Waals surface area (Å²) in [5.74, 6) is 0. The van der Waals surface area contributed by atoms with Crippen molar-refractivity contribution in [3.05, 3.63) is 10.0 Å². The van der Waals surface area contributed by atoms with Gasteiger partial charge in [-0.15, -0.1) is 11.3 Å². The Bertz CT molecular complexity index is 307. The van der Waals surface area contributed by atoms with Crippen molar-refractivity contribution in [3.63, 3.8) is 0 Å². The lowest BCUT2D eigenvalue weighted by Gasteiger charge is -2.11. The molecule has 0 aliphatic carbocycles. The van der Waals surface area contributed by atoms with Gasteiger partial charge in [0.2, 0.25) is 0 Å². The van der Waals surface area contributed by atoms with Crippen molar-refractivity contribution in [2.24, 2.45) is 5.73 Å². The van der Waals surface area contributed by atoms with Crippen molar-refractivity contribution in [2.45, 2.75) is 19.3 Å². The molecule has 1 aliphatic heterocycles. The first-order valence-electron chi connectivity index (χ1n) is 4.91. The van der Waals surface area contributed by atoms with Crippen LogP contribution in [0.25, 0.3) is 0 Å². The number of thiazole rings is 1. The Balaban J connectivity index is 2.14. The van der Waals surface area contributed by atoms with Crippen molar-refractivity contribution in [2.75, 3.05) is 24.5 Å². The summed E-state index contributed by atoms with van der Waals surface area (Å²) in [4.78, 5) is 7.79. The average molecular weight is 232 g/mol. The van der Waals surface area contributed by atoms with Crippen LogP contribution in [-0.2, 0) is 6.42 Å². The second-order valence-corrected chi connectivity index (χ2v) is 4.86. The second-order valence-electron chi connectivity index (χ2n) is 3.44. The van der Waals surface area contributed by atoms with E-state index in [1.165, 1.54) is 12.8 Å². The summed E-state index contributed by atoms with van der Waals surface area (Å²) in [6.45, 7) is 2.87. The molecule has 0 unspecified atom stereocenters. The minimum Gasteiger partial charge on any atom is -0.348 e. The highest BCUT2D eigenvalue weighted by Gasteiger charge is 2.17. The zero-order valence-electron chi connectivity index (χ0n) is 8.00. The summed E-state index contributed by atoms with van der Waals surface area (Å²) >= 11 is 7.70. The number of hydrogen-bond donors (Lipinski definition) is 1. The summed E-state index contributed by atoms with van der Waals surface area (Å²) in [5, 5.41) is 1.71. The highest BCUT2D eigenvalue weighted by Crippen LogP contribution is 2.31. The number of halogens is 1. The van der Waals surface area contributed by atoms with E-state index in [2.05, 4.69) is 9.88 Å². The molecule has 78 valence electrons. The van der Waals surface area contributed by atoms with Gasteiger partial charge in [0, 0.05) is 18.0 Å². The standard InChI is InChI=1S/C9H14ClN3S/c10-8-7(3-4-11)14-9(12-8)13-5-1-2-6-13/h1-6,11H2. The molecule has 0 spiro atoms. The number of nitrogens with two attached hydrogens (primary N) is 1. The van der Waals surface area contributed by atoms with Crippen LogP contribution in [0.1, 0.15) is 17.7 Å². The molecule has 0 atom stereocenters.